The molecule has 0 fully saturated rings. The van der Waals surface area contributed by atoms with Crippen LogP contribution in [0.5, 0.6) is 0 Å². The van der Waals surface area contributed by atoms with Crippen molar-refractivity contribution in [3.63, 3.8) is 0 Å². The zero-order chi connectivity index (χ0) is 17.6. The SMILES string of the molecule is Cc1nc(-c2cc(CCc3cnn(C)n3)cc3onc(C)c23)n(C)n1. The molecule has 0 N–H and O–H groups in total. The molecule has 8 heteroatoms. The molecule has 0 spiro atoms. The summed E-state index contributed by atoms with van der Waals surface area (Å²) in [7, 11) is 3.72. The van der Waals surface area contributed by atoms with Gasteiger partial charge in [-0.3, -0.25) is 0 Å². The minimum Gasteiger partial charge on any atom is -0.356 e. The summed E-state index contributed by atoms with van der Waals surface area (Å²) in [5, 5.41) is 17.9. The predicted octanol–water partition coefficient (Wildman–Crippen LogP) is 2.15. The lowest BCUT2D eigenvalue weighted by Gasteiger charge is -2.06. The Morgan fingerprint density at radius 3 is 2.60 bits per heavy atom. The van der Waals surface area contributed by atoms with E-state index >= 15 is 0 Å². The smallest absolute Gasteiger partial charge is 0.168 e. The number of hydrogen-bond donors (Lipinski definition) is 0. The number of rotatable bonds is 4. The second kappa shape index (κ2) is 5.80. The molecule has 3 aromatic heterocycles. The second-order valence-electron chi connectivity index (χ2n) is 6.22. The Labute approximate surface area is 144 Å². The average molecular weight is 337 g/mol. The van der Waals surface area contributed by atoms with E-state index in [2.05, 4.69) is 31.5 Å². The largest absolute Gasteiger partial charge is 0.356 e. The van der Waals surface area contributed by atoms with E-state index in [1.807, 2.05) is 34.0 Å². The van der Waals surface area contributed by atoms with Crippen LogP contribution in [-0.4, -0.2) is 34.9 Å². The van der Waals surface area contributed by atoms with Crippen LogP contribution in [0.4, 0.5) is 0 Å². The zero-order valence-electron chi connectivity index (χ0n) is 14.7. The Kier molecular flexibility index (Phi) is 3.60. The summed E-state index contributed by atoms with van der Waals surface area (Å²) in [5.41, 5.74) is 4.72. The van der Waals surface area contributed by atoms with E-state index in [4.69, 9.17) is 4.52 Å². The normalized spacial score (nSPS) is 11.5. The van der Waals surface area contributed by atoms with E-state index in [9.17, 15) is 0 Å². The number of nitrogens with zero attached hydrogens (tertiary/aromatic N) is 7. The maximum absolute atomic E-state index is 5.51. The predicted molar refractivity (Wildman–Crippen MR) is 91.9 cm³/mol. The highest BCUT2D eigenvalue weighted by molar-refractivity contribution is 5.94. The molecule has 0 radical (unpaired) electrons. The fourth-order valence-electron chi connectivity index (χ4n) is 3.12. The van der Waals surface area contributed by atoms with Crippen LogP contribution < -0.4 is 0 Å². The molecule has 128 valence electrons. The molecule has 0 aliphatic rings. The summed E-state index contributed by atoms with van der Waals surface area (Å²) in [6.45, 7) is 3.83. The van der Waals surface area contributed by atoms with Gasteiger partial charge >= 0.3 is 0 Å². The van der Waals surface area contributed by atoms with Gasteiger partial charge in [-0.15, -0.1) is 0 Å². The summed E-state index contributed by atoms with van der Waals surface area (Å²) in [4.78, 5) is 6.15. The summed E-state index contributed by atoms with van der Waals surface area (Å²) in [5.74, 6) is 1.56. The number of aromatic nitrogens is 7. The first-order valence-electron chi connectivity index (χ1n) is 8.13. The van der Waals surface area contributed by atoms with Gasteiger partial charge in [0.15, 0.2) is 11.4 Å². The highest BCUT2D eigenvalue weighted by Crippen LogP contribution is 2.31. The van der Waals surface area contributed by atoms with Gasteiger partial charge in [-0.1, -0.05) is 5.16 Å². The van der Waals surface area contributed by atoms with Crippen LogP contribution in [0.15, 0.2) is 22.9 Å². The van der Waals surface area contributed by atoms with Crippen molar-refractivity contribution < 1.29 is 4.52 Å². The summed E-state index contributed by atoms with van der Waals surface area (Å²) < 4.78 is 7.31. The molecule has 0 saturated carbocycles. The Morgan fingerprint density at radius 1 is 1.08 bits per heavy atom. The Morgan fingerprint density at radius 2 is 1.92 bits per heavy atom. The topological polar surface area (TPSA) is 87.5 Å². The number of fused-ring (bicyclic) bond motifs is 1. The Bertz CT molecular complexity index is 1060. The Balaban J connectivity index is 1.77. The summed E-state index contributed by atoms with van der Waals surface area (Å²) in [6, 6.07) is 4.19. The van der Waals surface area contributed by atoms with Crippen molar-refractivity contribution in [2.45, 2.75) is 26.7 Å². The van der Waals surface area contributed by atoms with E-state index < -0.39 is 0 Å². The molecule has 0 bridgehead atoms. The van der Waals surface area contributed by atoms with E-state index in [1.165, 1.54) is 0 Å². The highest BCUT2D eigenvalue weighted by Gasteiger charge is 2.17. The molecule has 0 unspecified atom stereocenters. The van der Waals surface area contributed by atoms with Crippen molar-refractivity contribution in [3.05, 3.63) is 41.1 Å². The molecule has 4 rings (SSSR count). The third-order valence-electron chi connectivity index (χ3n) is 4.23. The molecule has 25 heavy (non-hydrogen) atoms. The lowest BCUT2D eigenvalue weighted by molar-refractivity contribution is 0.450. The first-order chi connectivity index (χ1) is 12.0. The van der Waals surface area contributed by atoms with Crippen LogP contribution in [0.1, 0.15) is 22.8 Å². The highest BCUT2D eigenvalue weighted by atomic mass is 16.5. The van der Waals surface area contributed by atoms with Crippen LogP contribution in [-0.2, 0) is 26.9 Å². The van der Waals surface area contributed by atoms with Crippen LogP contribution in [0.3, 0.4) is 0 Å². The van der Waals surface area contributed by atoms with Gasteiger partial charge in [0.25, 0.3) is 0 Å². The minimum absolute atomic E-state index is 0.740. The van der Waals surface area contributed by atoms with Gasteiger partial charge in [0.2, 0.25) is 0 Å². The van der Waals surface area contributed by atoms with Crippen molar-refractivity contribution in [1.29, 1.82) is 0 Å². The molecule has 8 nitrogen and oxygen atoms in total. The Hall–Kier alpha value is -3.03. The van der Waals surface area contributed by atoms with Crippen molar-refractivity contribution in [2.24, 2.45) is 14.1 Å². The summed E-state index contributed by atoms with van der Waals surface area (Å²) >= 11 is 0. The lowest BCUT2D eigenvalue weighted by atomic mass is 10.0. The molecule has 0 aliphatic carbocycles. The first-order valence-corrected chi connectivity index (χ1v) is 8.13. The fourth-order valence-corrected chi connectivity index (χ4v) is 3.12. The zero-order valence-corrected chi connectivity index (χ0v) is 14.7. The average Bonchev–Trinajstić information content (AvgIpc) is 3.25. The van der Waals surface area contributed by atoms with E-state index in [-0.39, 0.29) is 0 Å². The second-order valence-corrected chi connectivity index (χ2v) is 6.22. The van der Waals surface area contributed by atoms with Crippen LogP contribution in [0.2, 0.25) is 0 Å². The van der Waals surface area contributed by atoms with Gasteiger partial charge in [0.05, 0.1) is 23.0 Å². The number of benzene rings is 1. The van der Waals surface area contributed by atoms with Crippen molar-refractivity contribution in [3.8, 4) is 11.4 Å². The molecule has 3 heterocycles. The van der Waals surface area contributed by atoms with Crippen LogP contribution in [0, 0.1) is 13.8 Å². The summed E-state index contributed by atoms with van der Waals surface area (Å²) in [6.07, 6.45) is 3.44. The monoisotopic (exact) mass is 337 g/mol. The maximum atomic E-state index is 5.51. The lowest BCUT2D eigenvalue weighted by Crippen LogP contribution is -1.98. The van der Waals surface area contributed by atoms with E-state index in [0.717, 1.165) is 58.0 Å². The van der Waals surface area contributed by atoms with E-state index in [1.54, 1.807) is 15.7 Å². The van der Waals surface area contributed by atoms with Gasteiger partial charge in [0, 0.05) is 19.7 Å². The molecular formula is C17H19N7O. The quantitative estimate of drug-likeness (QED) is 0.567. The number of aryl methyl sites for hydroxylation is 6. The molecule has 0 saturated heterocycles. The van der Waals surface area contributed by atoms with Gasteiger partial charge in [-0.2, -0.15) is 20.1 Å². The minimum atomic E-state index is 0.740. The molecule has 0 aliphatic heterocycles. The third kappa shape index (κ3) is 2.79. The first kappa shape index (κ1) is 15.5. The van der Waals surface area contributed by atoms with Crippen molar-refractivity contribution in [2.75, 3.05) is 0 Å². The molecule has 4 aromatic rings. The third-order valence-corrected chi connectivity index (χ3v) is 4.23. The van der Waals surface area contributed by atoms with Crippen LogP contribution in [0.25, 0.3) is 22.4 Å². The molecule has 0 atom stereocenters. The van der Waals surface area contributed by atoms with Crippen LogP contribution >= 0.6 is 0 Å². The van der Waals surface area contributed by atoms with Gasteiger partial charge in [-0.25, -0.2) is 9.67 Å². The van der Waals surface area contributed by atoms with E-state index in [0.29, 0.717) is 0 Å². The van der Waals surface area contributed by atoms with Gasteiger partial charge in [0.1, 0.15) is 5.82 Å². The van der Waals surface area contributed by atoms with Gasteiger partial charge in [-0.05, 0) is 44.4 Å². The standard InChI is InChI=1S/C17H19N7O/c1-10-16-14(17-19-11(2)20-23(17)3)7-12(8-15(16)25-22-10)5-6-13-9-18-24(4)21-13/h7-9H,5-6H2,1-4H3. The molecule has 0 amide bonds. The van der Waals surface area contributed by atoms with Crippen molar-refractivity contribution >= 4 is 11.0 Å². The molecular weight excluding hydrogens is 318 g/mol. The fraction of sp³-hybridized carbons (Fsp3) is 0.353. The van der Waals surface area contributed by atoms with Gasteiger partial charge < -0.3 is 4.52 Å². The molecule has 1 aromatic carbocycles. The maximum Gasteiger partial charge on any atom is 0.168 e. The van der Waals surface area contributed by atoms with Crippen molar-refractivity contribution in [1.82, 2.24) is 34.9 Å². The number of hydrogen-bond acceptors (Lipinski definition) is 6.